The van der Waals surface area contributed by atoms with Crippen LogP contribution in [0.25, 0.3) is 11.1 Å². The molecule has 3 heterocycles. The third kappa shape index (κ3) is 4.65. The number of carbonyl (C=O) groups excluding carboxylic acids is 3. The molecule has 0 N–H and O–H groups in total. The number of hydrogen-bond donors (Lipinski definition) is 0. The Morgan fingerprint density at radius 1 is 1.14 bits per heavy atom. The summed E-state index contributed by atoms with van der Waals surface area (Å²) < 4.78 is 28.1. The van der Waals surface area contributed by atoms with E-state index in [4.69, 9.17) is 23.4 Å². The van der Waals surface area contributed by atoms with Gasteiger partial charge < -0.3 is 23.4 Å². The highest BCUT2D eigenvalue weighted by Crippen LogP contribution is 2.34. The van der Waals surface area contributed by atoms with E-state index in [1.807, 2.05) is 0 Å². The van der Waals surface area contributed by atoms with E-state index in [2.05, 4.69) is 20.9 Å². The molecule has 1 saturated heterocycles. The number of ether oxygens (including phenoxy) is 4. The largest absolute Gasteiger partial charge is 0.463 e. The Balaban J connectivity index is 2.03. The maximum Gasteiger partial charge on any atom is 0.353 e. The Bertz CT molecular complexity index is 1010. The predicted octanol–water partition coefficient (Wildman–Crippen LogP) is 1.08. The number of hydrogen-bond acceptors (Lipinski definition) is 10. The van der Waals surface area contributed by atoms with Crippen LogP contribution in [0.2, 0.25) is 0 Å². The van der Waals surface area contributed by atoms with Crippen molar-refractivity contribution >= 4 is 44.9 Å². The van der Waals surface area contributed by atoms with Crippen molar-refractivity contribution in [1.29, 1.82) is 0 Å². The molecule has 29 heavy (non-hydrogen) atoms. The number of fused-ring (bicyclic) bond motifs is 1. The van der Waals surface area contributed by atoms with Crippen LogP contribution in [0.3, 0.4) is 0 Å². The molecule has 0 aliphatic carbocycles. The lowest BCUT2D eigenvalue weighted by molar-refractivity contribution is -0.166. The maximum atomic E-state index is 12.5. The molecule has 3 rings (SSSR count). The Morgan fingerprint density at radius 3 is 2.41 bits per heavy atom. The molecule has 4 atom stereocenters. The van der Waals surface area contributed by atoms with Crippen molar-refractivity contribution in [3.05, 3.63) is 27.4 Å². The second kappa shape index (κ2) is 8.33. The van der Waals surface area contributed by atoms with E-state index >= 15 is 0 Å². The lowest BCUT2D eigenvalue weighted by Gasteiger charge is -2.23. The van der Waals surface area contributed by atoms with Gasteiger partial charge in [0, 0.05) is 33.0 Å². The quantitative estimate of drug-likeness (QED) is 0.458. The van der Waals surface area contributed by atoms with E-state index in [-0.39, 0.29) is 12.3 Å². The summed E-state index contributed by atoms with van der Waals surface area (Å²) in [4.78, 5) is 50.8. The molecule has 1 aliphatic heterocycles. The molecule has 2 aromatic heterocycles. The minimum atomic E-state index is -1.18. The number of rotatable bonds is 5. The third-order valence-corrected chi connectivity index (χ3v) is 4.41. The summed E-state index contributed by atoms with van der Waals surface area (Å²) >= 11 is 3.16. The van der Waals surface area contributed by atoms with Crippen LogP contribution in [0.1, 0.15) is 27.0 Å². The molecule has 0 aromatic carbocycles. The number of esters is 3. The summed E-state index contributed by atoms with van der Waals surface area (Å²) in [5.74, 6) is -1.92. The summed E-state index contributed by atoms with van der Waals surface area (Å²) in [5, 5.41) is 0.481. The zero-order valence-corrected chi connectivity index (χ0v) is 17.2. The van der Waals surface area contributed by atoms with Crippen molar-refractivity contribution in [2.45, 2.75) is 45.3 Å². The van der Waals surface area contributed by atoms with Crippen molar-refractivity contribution in [2.75, 3.05) is 6.61 Å². The highest BCUT2D eigenvalue weighted by molar-refractivity contribution is 9.10. The fourth-order valence-corrected chi connectivity index (χ4v) is 3.39. The molecule has 0 radical (unpaired) electrons. The van der Waals surface area contributed by atoms with Crippen LogP contribution in [0, 0.1) is 0 Å². The van der Waals surface area contributed by atoms with Gasteiger partial charge in [0.05, 0.1) is 5.39 Å². The summed E-state index contributed by atoms with van der Waals surface area (Å²) in [6, 6.07) is 1.59. The molecule has 11 nitrogen and oxygen atoms in total. The minimum Gasteiger partial charge on any atom is -0.463 e. The Kier molecular flexibility index (Phi) is 6.03. The number of aromatic nitrogens is 2. The van der Waals surface area contributed by atoms with Gasteiger partial charge in [-0.2, -0.15) is 4.98 Å². The Morgan fingerprint density at radius 2 is 1.79 bits per heavy atom. The second-order valence-corrected chi connectivity index (χ2v) is 7.04. The van der Waals surface area contributed by atoms with Crippen LogP contribution in [-0.4, -0.2) is 52.4 Å². The first kappa shape index (κ1) is 21.0. The lowest BCUT2D eigenvalue weighted by Crippen LogP contribution is -2.41. The van der Waals surface area contributed by atoms with E-state index in [0.717, 1.165) is 4.57 Å². The molecule has 0 amide bonds. The average Bonchev–Trinajstić information content (AvgIpc) is 3.11. The normalized spacial score (nSPS) is 23.7. The van der Waals surface area contributed by atoms with Gasteiger partial charge in [-0.15, -0.1) is 0 Å². The average molecular weight is 473 g/mol. The van der Waals surface area contributed by atoms with Gasteiger partial charge in [0.15, 0.2) is 23.1 Å². The fraction of sp³-hybridized carbons (Fsp3) is 0.471. The van der Waals surface area contributed by atoms with Crippen LogP contribution < -0.4 is 5.69 Å². The monoisotopic (exact) mass is 472 g/mol. The first-order valence-corrected chi connectivity index (χ1v) is 9.26. The lowest BCUT2D eigenvalue weighted by atomic mass is 10.1. The molecule has 0 unspecified atom stereocenters. The van der Waals surface area contributed by atoms with Crippen LogP contribution in [-0.2, 0) is 33.3 Å². The van der Waals surface area contributed by atoms with E-state index in [9.17, 15) is 19.2 Å². The van der Waals surface area contributed by atoms with Gasteiger partial charge in [0.25, 0.3) is 0 Å². The number of furan rings is 1. The maximum absolute atomic E-state index is 12.5. The van der Waals surface area contributed by atoms with Crippen LogP contribution in [0.4, 0.5) is 0 Å². The Labute approximate surface area is 172 Å². The summed E-state index contributed by atoms with van der Waals surface area (Å²) in [7, 11) is 0. The minimum absolute atomic E-state index is 0.105. The van der Waals surface area contributed by atoms with Gasteiger partial charge in [-0.3, -0.25) is 19.0 Å². The van der Waals surface area contributed by atoms with Crippen molar-refractivity contribution in [3.63, 3.8) is 0 Å². The fourth-order valence-electron chi connectivity index (χ4n) is 2.99. The van der Waals surface area contributed by atoms with Gasteiger partial charge in [0.1, 0.15) is 12.7 Å². The van der Waals surface area contributed by atoms with E-state index in [1.54, 1.807) is 6.07 Å². The second-order valence-electron chi connectivity index (χ2n) is 6.26. The van der Waals surface area contributed by atoms with Crippen molar-refractivity contribution in [1.82, 2.24) is 9.55 Å². The molecular weight excluding hydrogens is 456 g/mol. The van der Waals surface area contributed by atoms with E-state index in [0.29, 0.717) is 10.1 Å². The standard InChI is InChI=1S/C17H17BrN2O9/c1-7(21)25-6-11-13(26-8(2)22)14(27-9(3)23)16(28-11)20-5-10-4-12(18)29-15(10)19-17(20)24/h4-5,11,13-14,16H,6H2,1-3H3/t11-,13-,14-,16-/m1/s1. The zero-order valence-electron chi connectivity index (χ0n) is 15.6. The van der Waals surface area contributed by atoms with Crippen LogP contribution in [0.5, 0.6) is 0 Å². The van der Waals surface area contributed by atoms with Gasteiger partial charge in [-0.25, -0.2) is 4.79 Å². The molecule has 0 bridgehead atoms. The van der Waals surface area contributed by atoms with Crippen molar-refractivity contribution in [3.8, 4) is 0 Å². The van der Waals surface area contributed by atoms with Gasteiger partial charge >= 0.3 is 23.6 Å². The van der Waals surface area contributed by atoms with Crippen molar-refractivity contribution < 1.29 is 37.7 Å². The van der Waals surface area contributed by atoms with Crippen LogP contribution >= 0.6 is 15.9 Å². The number of halogens is 1. The first-order valence-electron chi connectivity index (χ1n) is 8.47. The SMILES string of the molecule is CC(=O)OC[C@H]1O[C@@H](n2cc3cc(Br)oc3nc2=O)[C@H](OC(C)=O)[C@@H]1OC(C)=O. The molecular formula is C17H17BrN2O9. The number of carbonyl (C=O) groups is 3. The van der Waals surface area contributed by atoms with Gasteiger partial charge in [0.2, 0.25) is 5.71 Å². The van der Waals surface area contributed by atoms with Crippen molar-refractivity contribution in [2.24, 2.45) is 0 Å². The topological polar surface area (TPSA) is 136 Å². The first-order chi connectivity index (χ1) is 13.7. The smallest absolute Gasteiger partial charge is 0.353 e. The van der Waals surface area contributed by atoms with Gasteiger partial charge in [-0.05, 0) is 15.9 Å². The summed E-state index contributed by atoms with van der Waals surface area (Å²) in [6.07, 6.45) is -3.03. The summed E-state index contributed by atoms with van der Waals surface area (Å²) in [5.41, 5.74) is -0.635. The number of nitrogens with zero attached hydrogens (tertiary/aromatic N) is 2. The van der Waals surface area contributed by atoms with Crippen LogP contribution in [0.15, 0.2) is 26.1 Å². The Hall–Kier alpha value is -2.73. The highest BCUT2D eigenvalue weighted by Gasteiger charge is 2.51. The van der Waals surface area contributed by atoms with E-state index < -0.39 is 48.1 Å². The molecule has 12 heteroatoms. The third-order valence-electron chi connectivity index (χ3n) is 4.02. The van der Waals surface area contributed by atoms with Gasteiger partial charge in [-0.1, -0.05) is 0 Å². The molecule has 1 aliphatic rings. The molecule has 2 aromatic rings. The zero-order chi connectivity index (χ0) is 21.3. The molecule has 0 saturated carbocycles. The predicted molar refractivity (Wildman–Crippen MR) is 97.6 cm³/mol. The molecule has 1 fully saturated rings. The molecule has 156 valence electrons. The van der Waals surface area contributed by atoms with E-state index in [1.165, 1.54) is 27.0 Å². The molecule has 0 spiro atoms. The summed E-state index contributed by atoms with van der Waals surface area (Å²) in [6.45, 7) is 3.27. The highest BCUT2D eigenvalue weighted by atomic mass is 79.9.